The number of thiophene rings is 1. The fraction of sp³-hybridized carbons (Fsp3) is 0.333. The molecule has 0 N–H and O–H groups in total. The lowest BCUT2D eigenvalue weighted by molar-refractivity contribution is 0.601. The lowest BCUT2D eigenvalue weighted by atomic mass is 10.4. The highest BCUT2D eigenvalue weighted by Gasteiger charge is 2.20. The minimum atomic E-state index is -3.48. The third-order valence-electron chi connectivity index (χ3n) is 1.41. The van der Waals surface area contributed by atoms with Crippen molar-refractivity contribution in [1.82, 2.24) is 0 Å². The van der Waals surface area contributed by atoms with Crippen LogP contribution in [0.2, 0.25) is 0 Å². The van der Waals surface area contributed by atoms with E-state index in [4.69, 9.17) is 10.7 Å². The summed E-state index contributed by atoms with van der Waals surface area (Å²) in [6.07, 6.45) is 0. The Morgan fingerprint density at radius 2 is 2.25 bits per heavy atom. The highest BCUT2D eigenvalue weighted by atomic mass is 79.9. The van der Waals surface area contributed by atoms with Crippen molar-refractivity contribution in [2.45, 2.75) is 12.2 Å². The lowest BCUT2D eigenvalue weighted by Crippen LogP contribution is -1.99. The SMILES string of the molecule is CC(c1cc(Br)cs1)S(=O)(=O)Cl. The summed E-state index contributed by atoms with van der Waals surface area (Å²) in [7, 11) is 1.71. The van der Waals surface area contributed by atoms with Gasteiger partial charge in [-0.15, -0.1) is 11.3 Å². The Morgan fingerprint density at radius 1 is 1.67 bits per heavy atom. The molecule has 6 heteroatoms. The molecular formula is C6H6BrClO2S2. The van der Waals surface area contributed by atoms with Crippen LogP contribution in [0.25, 0.3) is 0 Å². The van der Waals surface area contributed by atoms with Crippen molar-refractivity contribution >= 4 is 47.0 Å². The molecule has 0 radical (unpaired) electrons. The van der Waals surface area contributed by atoms with Crippen LogP contribution < -0.4 is 0 Å². The molecule has 0 saturated carbocycles. The van der Waals surface area contributed by atoms with Gasteiger partial charge in [-0.25, -0.2) is 8.42 Å². The molecule has 1 unspecified atom stereocenters. The Hall–Kier alpha value is 0.420. The van der Waals surface area contributed by atoms with E-state index in [9.17, 15) is 8.42 Å². The molecule has 0 saturated heterocycles. The van der Waals surface area contributed by atoms with Crippen LogP contribution in [-0.2, 0) is 9.05 Å². The quantitative estimate of drug-likeness (QED) is 0.784. The molecule has 1 atom stereocenters. The van der Waals surface area contributed by atoms with Gasteiger partial charge in [-0.1, -0.05) is 0 Å². The molecular weight excluding hydrogens is 284 g/mol. The summed E-state index contributed by atoms with van der Waals surface area (Å²) in [5.74, 6) is 0. The maximum atomic E-state index is 10.9. The van der Waals surface area contributed by atoms with Crippen LogP contribution in [0.4, 0.5) is 0 Å². The summed E-state index contributed by atoms with van der Waals surface area (Å²) in [4.78, 5) is 0.747. The number of rotatable bonds is 2. The molecule has 0 aliphatic carbocycles. The van der Waals surface area contributed by atoms with Crippen LogP contribution in [0, 0.1) is 0 Å². The highest BCUT2D eigenvalue weighted by Crippen LogP contribution is 2.31. The summed E-state index contributed by atoms with van der Waals surface area (Å²) in [5.41, 5.74) is 0. The van der Waals surface area contributed by atoms with Crippen LogP contribution in [0.15, 0.2) is 15.9 Å². The van der Waals surface area contributed by atoms with Crippen LogP contribution >= 0.6 is 37.9 Å². The zero-order chi connectivity index (χ0) is 9.35. The first-order valence-corrected chi connectivity index (χ1v) is 7.13. The molecule has 1 aromatic rings. The third-order valence-corrected chi connectivity index (χ3v) is 5.34. The van der Waals surface area contributed by atoms with Crippen molar-refractivity contribution in [3.05, 3.63) is 20.8 Å². The second-order valence-corrected chi connectivity index (χ2v) is 7.09. The molecule has 1 rings (SSSR count). The zero-order valence-electron chi connectivity index (χ0n) is 6.12. The van der Waals surface area contributed by atoms with E-state index in [1.54, 1.807) is 13.0 Å². The van der Waals surface area contributed by atoms with E-state index < -0.39 is 14.3 Å². The number of hydrogen-bond acceptors (Lipinski definition) is 3. The molecule has 12 heavy (non-hydrogen) atoms. The van der Waals surface area contributed by atoms with Crippen molar-refractivity contribution in [2.24, 2.45) is 0 Å². The van der Waals surface area contributed by atoms with Gasteiger partial charge < -0.3 is 0 Å². The van der Waals surface area contributed by atoms with Gasteiger partial charge in [-0.3, -0.25) is 0 Å². The van der Waals surface area contributed by atoms with Crippen LogP contribution in [0.3, 0.4) is 0 Å². The second kappa shape index (κ2) is 3.65. The molecule has 1 aromatic heterocycles. The van der Waals surface area contributed by atoms with Gasteiger partial charge in [0.25, 0.3) is 0 Å². The van der Waals surface area contributed by atoms with Crippen molar-refractivity contribution in [1.29, 1.82) is 0 Å². The molecule has 0 spiro atoms. The van der Waals surface area contributed by atoms with Crippen LogP contribution in [0.5, 0.6) is 0 Å². The van der Waals surface area contributed by atoms with Crippen LogP contribution in [0.1, 0.15) is 17.1 Å². The van der Waals surface area contributed by atoms with Crippen molar-refractivity contribution < 1.29 is 8.42 Å². The maximum Gasteiger partial charge on any atom is 0.240 e. The molecule has 1 heterocycles. The minimum Gasteiger partial charge on any atom is -0.212 e. The smallest absolute Gasteiger partial charge is 0.212 e. The maximum absolute atomic E-state index is 10.9. The monoisotopic (exact) mass is 288 g/mol. The van der Waals surface area contributed by atoms with E-state index in [0.717, 1.165) is 9.35 Å². The van der Waals surface area contributed by atoms with E-state index >= 15 is 0 Å². The largest absolute Gasteiger partial charge is 0.240 e. The lowest BCUT2D eigenvalue weighted by Gasteiger charge is -2.02. The van der Waals surface area contributed by atoms with Gasteiger partial charge >= 0.3 is 0 Å². The topological polar surface area (TPSA) is 34.1 Å². The van der Waals surface area contributed by atoms with E-state index in [-0.39, 0.29) is 0 Å². The Bertz CT molecular complexity index is 371. The predicted molar refractivity (Wildman–Crippen MR) is 55.2 cm³/mol. The fourth-order valence-electron chi connectivity index (χ4n) is 0.680. The van der Waals surface area contributed by atoms with Gasteiger partial charge in [0.05, 0.1) is 0 Å². The normalized spacial score (nSPS) is 14.6. The molecule has 0 amide bonds. The average Bonchev–Trinajstić information content (AvgIpc) is 2.32. The van der Waals surface area contributed by atoms with Gasteiger partial charge in [0.15, 0.2) is 0 Å². The van der Waals surface area contributed by atoms with Crippen LogP contribution in [-0.4, -0.2) is 8.42 Å². The Balaban J connectivity index is 3.01. The second-order valence-electron chi connectivity index (χ2n) is 2.29. The molecule has 2 nitrogen and oxygen atoms in total. The Morgan fingerprint density at radius 3 is 2.58 bits per heavy atom. The van der Waals surface area contributed by atoms with Gasteiger partial charge in [0.2, 0.25) is 9.05 Å². The van der Waals surface area contributed by atoms with Gasteiger partial charge in [0, 0.05) is 25.4 Å². The standard InChI is InChI=1S/C6H6BrClO2S2/c1-4(12(8,9)10)6-2-5(7)3-11-6/h2-4H,1H3. The first-order valence-electron chi connectivity index (χ1n) is 3.08. The van der Waals surface area contributed by atoms with Gasteiger partial charge in [-0.2, -0.15) is 0 Å². The fourth-order valence-corrected chi connectivity index (χ4v) is 3.40. The first kappa shape index (κ1) is 10.5. The zero-order valence-corrected chi connectivity index (χ0v) is 10.1. The minimum absolute atomic E-state index is 0.629. The van der Waals surface area contributed by atoms with E-state index in [0.29, 0.717) is 0 Å². The van der Waals surface area contributed by atoms with Gasteiger partial charge in [-0.05, 0) is 28.9 Å². The van der Waals surface area contributed by atoms with Crippen molar-refractivity contribution in [3.8, 4) is 0 Å². The third kappa shape index (κ3) is 2.45. The number of hydrogen-bond donors (Lipinski definition) is 0. The Labute approximate surface area is 88.1 Å². The first-order chi connectivity index (χ1) is 5.41. The van der Waals surface area contributed by atoms with Gasteiger partial charge in [0.1, 0.15) is 5.25 Å². The van der Waals surface area contributed by atoms with E-state index in [1.165, 1.54) is 11.3 Å². The summed E-state index contributed by atoms with van der Waals surface area (Å²) in [5, 5.41) is 1.20. The molecule has 0 aliphatic heterocycles. The molecule has 68 valence electrons. The average molecular weight is 290 g/mol. The Kier molecular flexibility index (Phi) is 3.20. The van der Waals surface area contributed by atoms with Crippen molar-refractivity contribution in [2.75, 3.05) is 0 Å². The van der Waals surface area contributed by atoms with E-state index in [2.05, 4.69) is 15.9 Å². The molecule has 0 fully saturated rings. The highest BCUT2D eigenvalue weighted by molar-refractivity contribution is 9.10. The van der Waals surface area contributed by atoms with Crippen molar-refractivity contribution in [3.63, 3.8) is 0 Å². The molecule has 0 bridgehead atoms. The molecule has 0 aliphatic rings. The van der Waals surface area contributed by atoms with E-state index in [1.807, 2.05) is 5.38 Å². The summed E-state index contributed by atoms with van der Waals surface area (Å²) in [6.45, 7) is 1.57. The predicted octanol–water partition coefficient (Wildman–Crippen LogP) is 3.14. The summed E-state index contributed by atoms with van der Waals surface area (Å²) >= 11 is 4.61. The summed E-state index contributed by atoms with van der Waals surface area (Å²) < 4.78 is 22.7. The molecule has 0 aromatic carbocycles. The number of halogens is 2. The summed E-state index contributed by atoms with van der Waals surface area (Å²) in [6, 6.07) is 1.76.